The van der Waals surface area contributed by atoms with Crippen molar-refractivity contribution in [3.05, 3.63) is 34.9 Å². The SMILES string of the molecule is CC(=O)C=CC1=C(C)CCC=C1C. The van der Waals surface area contributed by atoms with Crippen LogP contribution in [-0.2, 0) is 4.79 Å². The summed E-state index contributed by atoms with van der Waals surface area (Å²) in [6.45, 7) is 5.81. The van der Waals surface area contributed by atoms with Crippen LogP contribution in [0.2, 0.25) is 0 Å². The summed E-state index contributed by atoms with van der Waals surface area (Å²) in [5.74, 6) is 0.110. The van der Waals surface area contributed by atoms with Crippen LogP contribution in [0.15, 0.2) is 34.9 Å². The van der Waals surface area contributed by atoms with Crippen molar-refractivity contribution in [3.63, 3.8) is 0 Å². The Balaban J connectivity index is 2.88. The maximum Gasteiger partial charge on any atom is 0.152 e. The highest BCUT2D eigenvalue weighted by atomic mass is 16.1. The van der Waals surface area contributed by atoms with Crippen molar-refractivity contribution in [3.8, 4) is 0 Å². The third-order valence-electron chi connectivity index (χ3n) is 2.34. The molecule has 1 heteroatoms. The molecule has 13 heavy (non-hydrogen) atoms. The van der Waals surface area contributed by atoms with Crippen LogP contribution in [0.4, 0.5) is 0 Å². The Hall–Kier alpha value is -1.11. The van der Waals surface area contributed by atoms with Gasteiger partial charge in [-0.3, -0.25) is 4.79 Å². The average Bonchev–Trinajstić information content (AvgIpc) is 2.03. The quantitative estimate of drug-likeness (QED) is 0.590. The largest absolute Gasteiger partial charge is 0.295 e. The molecule has 70 valence electrons. The van der Waals surface area contributed by atoms with E-state index in [1.165, 1.54) is 16.7 Å². The normalized spacial score (nSPS) is 17.9. The predicted octanol–water partition coefficient (Wildman–Crippen LogP) is 3.19. The van der Waals surface area contributed by atoms with Crippen molar-refractivity contribution in [1.29, 1.82) is 0 Å². The van der Waals surface area contributed by atoms with Gasteiger partial charge < -0.3 is 0 Å². The number of hydrogen-bond donors (Lipinski definition) is 0. The van der Waals surface area contributed by atoms with Crippen LogP contribution in [0, 0.1) is 0 Å². The molecule has 0 atom stereocenters. The molecule has 1 aliphatic carbocycles. The number of carbonyl (C=O) groups excluding carboxylic acids is 1. The summed E-state index contributed by atoms with van der Waals surface area (Å²) in [4.78, 5) is 10.8. The van der Waals surface area contributed by atoms with Gasteiger partial charge in [-0.25, -0.2) is 0 Å². The summed E-state index contributed by atoms with van der Waals surface area (Å²) >= 11 is 0. The van der Waals surface area contributed by atoms with Crippen LogP contribution in [0.25, 0.3) is 0 Å². The first-order valence-electron chi connectivity index (χ1n) is 4.67. The Kier molecular flexibility index (Phi) is 3.24. The fraction of sp³-hybridized carbons (Fsp3) is 0.417. The lowest BCUT2D eigenvalue weighted by Crippen LogP contribution is -1.95. The Morgan fingerprint density at radius 3 is 2.69 bits per heavy atom. The Morgan fingerprint density at radius 2 is 2.15 bits per heavy atom. The smallest absolute Gasteiger partial charge is 0.152 e. The minimum atomic E-state index is 0.110. The van der Waals surface area contributed by atoms with E-state index in [4.69, 9.17) is 0 Å². The number of ketones is 1. The Bertz CT molecular complexity index is 303. The van der Waals surface area contributed by atoms with E-state index in [0.717, 1.165) is 12.8 Å². The molecule has 0 spiro atoms. The summed E-state index contributed by atoms with van der Waals surface area (Å²) < 4.78 is 0. The van der Waals surface area contributed by atoms with Crippen molar-refractivity contribution < 1.29 is 4.79 Å². The lowest BCUT2D eigenvalue weighted by Gasteiger charge is -2.13. The first-order valence-corrected chi connectivity index (χ1v) is 4.67. The molecule has 0 N–H and O–H groups in total. The highest BCUT2D eigenvalue weighted by Crippen LogP contribution is 2.25. The van der Waals surface area contributed by atoms with Gasteiger partial charge in [0.25, 0.3) is 0 Å². The van der Waals surface area contributed by atoms with Crippen molar-refractivity contribution in [2.45, 2.75) is 33.6 Å². The molecule has 0 radical (unpaired) electrons. The molecular formula is C12H16O. The van der Waals surface area contributed by atoms with Gasteiger partial charge in [-0.2, -0.15) is 0 Å². The van der Waals surface area contributed by atoms with Crippen LogP contribution < -0.4 is 0 Å². The molecule has 0 aromatic heterocycles. The molecule has 1 nitrogen and oxygen atoms in total. The topological polar surface area (TPSA) is 17.1 Å². The minimum Gasteiger partial charge on any atom is -0.295 e. The number of allylic oxidation sites excluding steroid dienone is 6. The van der Waals surface area contributed by atoms with Crippen molar-refractivity contribution >= 4 is 5.78 Å². The van der Waals surface area contributed by atoms with E-state index >= 15 is 0 Å². The van der Waals surface area contributed by atoms with E-state index < -0.39 is 0 Å². The number of rotatable bonds is 2. The van der Waals surface area contributed by atoms with E-state index in [2.05, 4.69) is 19.9 Å². The van der Waals surface area contributed by atoms with E-state index in [9.17, 15) is 4.79 Å². The van der Waals surface area contributed by atoms with Crippen molar-refractivity contribution in [2.24, 2.45) is 0 Å². The summed E-state index contributed by atoms with van der Waals surface area (Å²) in [5.41, 5.74) is 3.92. The minimum absolute atomic E-state index is 0.110. The summed E-state index contributed by atoms with van der Waals surface area (Å²) in [5, 5.41) is 0. The van der Waals surface area contributed by atoms with E-state index in [1.807, 2.05) is 6.08 Å². The third kappa shape index (κ3) is 2.69. The molecule has 0 fully saturated rings. The monoisotopic (exact) mass is 176 g/mol. The zero-order valence-corrected chi connectivity index (χ0v) is 8.55. The maximum atomic E-state index is 10.8. The zero-order valence-electron chi connectivity index (χ0n) is 8.55. The van der Waals surface area contributed by atoms with Gasteiger partial charge in [0.15, 0.2) is 5.78 Å². The van der Waals surface area contributed by atoms with Gasteiger partial charge in [0.1, 0.15) is 0 Å². The van der Waals surface area contributed by atoms with Crippen LogP contribution in [0.5, 0.6) is 0 Å². The maximum absolute atomic E-state index is 10.8. The highest BCUT2D eigenvalue weighted by Gasteiger charge is 2.06. The summed E-state index contributed by atoms with van der Waals surface area (Å²) in [6, 6.07) is 0. The first-order chi connectivity index (χ1) is 6.11. The first kappa shape index (κ1) is 9.97. The van der Waals surface area contributed by atoms with Gasteiger partial charge in [0.2, 0.25) is 0 Å². The van der Waals surface area contributed by atoms with Gasteiger partial charge in [-0.15, -0.1) is 0 Å². The molecule has 0 heterocycles. The van der Waals surface area contributed by atoms with Crippen LogP contribution in [0.1, 0.15) is 33.6 Å². The number of carbonyl (C=O) groups is 1. The molecule has 0 bridgehead atoms. The third-order valence-corrected chi connectivity index (χ3v) is 2.34. The molecular weight excluding hydrogens is 160 g/mol. The standard InChI is InChI=1S/C12H16O/c1-9-5-4-6-10(2)12(9)8-7-11(3)13/h5,7-8H,4,6H2,1-3H3. The second-order valence-electron chi connectivity index (χ2n) is 3.56. The molecule has 1 aliphatic rings. The second-order valence-corrected chi connectivity index (χ2v) is 3.56. The molecule has 1 rings (SSSR count). The van der Waals surface area contributed by atoms with Gasteiger partial charge in [-0.05, 0) is 50.8 Å². The predicted molar refractivity (Wildman–Crippen MR) is 55.5 cm³/mol. The molecule has 0 amide bonds. The molecule has 0 aliphatic heterocycles. The molecule has 0 aromatic rings. The van der Waals surface area contributed by atoms with Crippen molar-refractivity contribution in [2.75, 3.05) is 0 Å². The van der Waals surface area contributed by atoms with Crippen molar-refractivity contribution in [1.82, 2.24) is 0 Å². The van der Waals surface area contributed by atoms with Gasteiger partial charge >= 0.3 is 0 Å². The van der Waals surface area contributed by atoms with E-state index in [1.54, 1.807) is 13.0 Å². The fourth-order valence-corrected chi connectivity index (χ4v) is 1.56. The molecule has 0 saturated carbocycles. The Morgan fingerprint density at radius 1 is 1.46 bits per heavy atom. The van der Waals surface area contributed by atoms with Gasteiger partial charge in [0, 0.05) is 0 Å². The zero-order chi connectivity index (χ0) is 9.84. The fourth-order valence-electron chi connectivity index (χ4n) is 1.56. The number of hydrogen-bond acceptors (Lipinski definition) is 1. The van der Waals surface area contributed by atoms with E-state index in [0.29, 0.717) is 0 Å². The molecule has 0 aromatic carbocycles. The lowest BCUT2D eigenvalue weighted by atomic mass is 9.92. The highest BCUT2D eigenvalue weighted by molar-refractivity contribution is 5.87. The van der Waals surface area contributed by atoms with Gasteiger partial charge in [-0.1, -0.05) is 17.7 Å². The van der Waals surface area contributed by atoms with E-state index in [-0.39, 0.29) is 5.78 Å². The van der Waals surface area contributed by atoms with Gasteiger partial charge in [0.05, 0.1) is 0 Å². The molecule has 0 unspecified atom stereocenters. The second kappa shape index (κ2) is 4.22. The summed E-state index contributed by atoms with van der Waals surface area (Å²) in [6.07, 6.45) is 8.06. The van der Waals surface area contributed by atoms with Crippen LogP contribution in [0.3, 0.4) is 0 Å². The molecule has 0 saturated heterocycles. The Labute approximate surface area is 79.8 Å². The lowest BCUT2D eigenvalue weighted by molar-refractivity contribution is -0.112. The average molecular weight is 176 g/mol. The van der Waals surface area contributed by atoms with Crippen LogP contribution in [-0.4, -0.2) is 5.78 Å². The van der Waals surface area contributed by atoms with Crippen LogP contribution >= 0.6 is 0 Å². The summed E-state index contributed by atoms with van der Waals surface area (Å²) in [7, 11) is 0.